The number of carbonyl (C=O) groups excluding carboxylic acids is 3. The van der Waals surface area contributed by atoms with E-state index in [1.165, 1.54) is 0 Å². The summed E-state index contributed by atoms with van der Waals surface area (Å²) in [5.74, 6) is -1.41. The van der Waals surface area contributed by atoms with Crippen LogP contribution in [0.25, 0.3) is 11.1 Å². The first-order valence-electron chi connectivity index (χ1n) is 16.1. The molecule has 0 unspecified atom stereocenters. The Morgan fingerprint density at radius 3 is 1.77 bits per heavy atom. The molecule has 0 saturated carbocycles. The van der Waals surface area contributed by atoms with Crippen LogP contribution in [-0.2, 0) is 27.3 Å². The number of guanidine groups is 2. The smallest absolute Gasteiger partial charge is 0.243 e. The molecule has 0 spiro atoms. The molecular weight excluding hydrogens is 608 g/mol. The van der Waals surface area contributed by atoms with Crippen LogP contribution in [-0.4, -0.2) is 60.9 Å². The minimum atomic E-state index is -1.00. The molecule has 0 radical (unpaired) electrons. The second-order valence-electron chi connectivity index (χ2n) is 11.5. The number of aliphatic imine (C=N–C) groups is 2. The molecule has 0 aliphatic carbocycles. The number of nitrogens with one attached hydrogen (secondary N) is 3. The summed E-state index contributed by atoms with van der Waals surface area (Å²) in [6.07, 6.45) is 2.52. The predicted octanol–water partition coefficient (Wildman–Crippen LogP) is 1.01. The van der Waals surface area contributed by atoms with Gasteiger partial charge in [-0.15, -0.1) is 0 Å². The third-order valence-corrected chi connectivity index (χ3v) is 7.58. The van der Waals surface area contributed by atoms with Gasteiger partial charge in [0.2, 0.25) is 17.7 Å². The zero-order valence-corrected chi connectivity index (χ0v) is 27.2. The maximum atomic E-state index is 13.8. The molecule has 0 fully saturated rings. The molecule has 0 heterocycles. The number of unbranched alkanes of at least 4 members (excludes halogenated alkanes) is 1. The number of hydrogen-bond acceptors (Lipinski definition) is 6. The molecular formula is C35H48N10O3. The summed E-state index contributed by atoms with van der Waals surface area (Å²) in [6, 6.07) is 24.3. The third kappa shape index (κ3) is 13.5. The SMILES string of the molecule is NC(N)=NCCCC[C@H](N)C(=O)N[C@@H](Cc1ccc(-c2ccccc2)cc1)C(=O)N[C@@H](CCCN=C(N)N)C(=O)NCc1ccccc1. The number of carbonyl (C=O) groups is 3. The van der Waals surface area contributed by atoms with Crippen molar-refractivity contribution in [3.8, 4) is 11.1 Å². The van der Waals surface area contributed by atoms with Gasteiger partial charge in [-0.2, -0.15) is 0 Å². The van der Waals surface area contributed by atoms with E-state index in [4.69, 9.17) is 28.7 Å². The van der Waals surface area contributed by atoms with Crippen molar-refractivity contribution in [1.82, 2.24) is 16.0 Å². The highest BCUT2D eigenvalue weighted by molar-refractivity contribution is 5.93. The molecule has 3 aromatic rings. The summed E-state index contributed by atoms with van der Waals surface area (Å²) >= 11 is 0. The van der Waals surface area contributed by atoms with Crippen LogP contribution in [0, 0.1) is 0 Å². The van der Waals surface area contributed by atoms with E-state index in [-0.39, 0.29) is 43.8 Å². The average molecular weight is 657 g/mol. The Balaban J connectivity index is 1.75. The molecule has 3 rings (SSSR count). The van der Waals surface area contributed by atoms with Crippen molar-refractivity contribution in [3.05, 3.63) is 96.1 Å². The van der Waals surface area contributed by atoms with E-state index < -0.39 is 29.9 Å². The van der Waals surface area contributed by atoms with Crippen molar-refractivity contribution < 1.29 is 14.4 Å². The Hall–Kier alpha value is -5.43. The van der Waals surface area contributed by atoms with E-state index in [1.54, 1.807) is 0 Å². The molecule has 13 heteroatoms. The molecule has 3 aromatic carbocycles. The highest BCUT2D eigenvalue weighted by Gasteiger charge is 2.28. The van der Waals surface area contributed by atoms with Crippen molar-refractivity contribution in [1.29, 1.82) is 0 Å². The maximum Gasteiger partial charge on any atom is 0.243 e. The summed E-state index contributed by atoms with van der Waals surface area (Å²) in [5.41, 5.74) is 31.7. The molecule has 13 nitrogen and oxygen atoms in total. The zero-order chi connectivity index (χ0) is 34.7. The number of rotatable bonds is 19. The molecule has 0 aromatic heterocycles. The van der Waals surface area contributed by atoms with E-state index in [1.807, 2.05) is 84.9 Å². The third-order valence-electron chi connectivity index (χ3n) is 7.58. The van der Waals surface area contributed by atoms with Gasteiger partial charge in [0.15, 0.2) is 11.9 Å². The number of benzene rings is 3. The molecule has 3 amide bonds. The highest BCUT2D eigenvalue weighted by Crippen LogP contribution is 2.20. The first kappa shape index (κ1) is 37.0. The van der Waals surface area contributed by atoms with Gasteiger partial charge in [-0.1, -0.05) is 84.9 Å². The summed E-state index contributed by atoms with van der Waals surface area (Å²) in [7, 11) is 0. The minimum absolute atomic E-state index is 0.00554. The molecule has 0 aliphatic heterocycles. The van der Waals surface area contributed by atoms with Gasteiger partial charge in [0, 0.05) is 26.1 Å². The topological polar surface area (TPSA) is 242 Å². The standard InChI is InChI=1S/C35H48N10O3/c36-28(14-7-8-20-41-34(37)38)31(46)45-30(22-24-16-18-27(19-17-24)26-12-5-2-6-13-26)33(48)44-29(15-9-21-42-35(39)40)32(47)43-23-25-10-3-1-4-11-25/h1-6,10-13,16-19,28-30H,7-9,14-15,20-23,36H2,(H,43,47)(H,44,48)(H,45,46)(H4,37,38,41)(H4,39,40,42)/t28-,29-,30-/m0/s1. The van der Waals surface area contributed by atoms with Gasteiger partial charge in [0.1, 0.15) is 12.1 Å². The molecule has 0 bridgehead atoms. The predicted molar refractivity (Wildman–Crippen MR) is 190 cm³/mol. The van der Waals surface area contributed by atoms with E-state index in [9.17, 15) is 14.4 Å². The summed E-state index contributed by atoms with van der Waals surface area (Å²) in [6.45, 7) is 0.996. The van der Waals surface area contributed by atoms with Crippen LogP contribution in [0.3, 0.4) is 0 Å². The van der Waals surface area contributed by atoms with Gasteiger partial charge < -0.3 is 44.6 Å². The fourth-order valence-electron chi connectivity index (χ4n) is 4.96. The van der Waals surface area contributed by atoms with Gasteiger partial charge in [0.05, 0.1) is 6.04 Å². The monoisotopic (exact) mass is 656 g/mol. The van der Waals surface area contributed by atoms with E-state index in [0.29, 0.717) is 32.2 Å². The van der Waals surface area contributed by atoms with E-state index in [0.717, 1.165) is 22.3 Å². The van der Waals surface area contributed by atoms with Crippen LogP contribution >= 0.6 is 0 Å². The number of nitrogens with two attached hydrogens (primary N) is 5. The van der Waals surface area contributed by atoms with Gasteiger partial charge in [-0.25, -0.2) is 0 Å². The Kier molecular flexibility index (Phi) is 15.4. The van der Waals surface area contributed by atoms with E-state index >= 15 is 0 Å². The lowest BCUT2D eigenvalue weighted by Crippen LogP contribution is -2.56. The lowest BCUT2D eigenvalue weighted by Gasteiger charge is -2.24. The Bertz CT molecular complexity index is 1490. The lowest BCUT2D eigenvalue weighted by atomic mass is 9.99. The first-order valence-corrected chi connectivity index (χ1v) is 16.1. The summed E-state index contributed by atoms with van der Waals surface area (Å²) in [4.78, 5) is 48.3. The molecule has 3 atom stereocenters. The Labute approximate surface area is 281 Å². The van der Waals surface area contributed by atoms with Crippen molar-refractivity contribution in [2.45, 2.75) is 63.2 Å². The summed E-state index contributed by atoms with van der Waals surface area (Å²) < 4.78 is 0. The second-order valence-corrected chi connectivity index (χ2v) is 11.5. The molecule has 0 aliphatic rings. The quantitative estimate of drug-likeness (QED) is 0.0524. The van der Waals surface area contributed by atoms with Gasteiger partial charge in [-0.05, 0) is 54.4 Å². The maximum absolute atomic E-state index is 13.8. The lowest BCUT2D eigenvalue weighted by molar-refractivity contribution is -0.132. The number of nitrogens with zero attached hydrogens (tertiary/aromatic N) is 2. The van der Waals surface area contributed by atoms with Gasteiger partial charge >= 0.3 is 0 Å². The van der Waals surface area contributed by atoms with Crippen LogP contribution < -0.4 is 44.6 Å². The van der Waals surface area contributed by atoms with Crippen LogP contribution in [0.2, 0.25) is 0 Å². The highest BCUT2D eigenvalue weighted by atomic mass is 16.2. The van der Waals surface area contributed by atoms with Crippen LogP contribution in [0.15, 0.2) is 94.9 Å². The van der Waals surface area contributed by atoms with Crippen molar-refractivity contribution >= 4 is 29.6 Å². The number of hydrogen-bond donors (Lipinski definition) is 8. The van der Waals surface area contributed by atoms with Crippen LogP contribution in [0.5, 0.6) is 0 Å². The average Bonchev–Trinajstić information content (AvgIpc) is 3.08. The van der Waals surface area contributed by atoms with Crippen molar-refractivity contribution in [2.24, 2.45) is 38.7 Å². The van der Waals surface area contributed by atoms with Crippen LogP contribution in [0.1, 0.15) is 43.2 Å². The fourth-order valence-corrected chi connectivity index (χ4v) is 4.96. The van der Waals surface area contributed by atoms with Crippen molar-refractivity contribution in [3.63, 3.8) is 0 Å². The first-order chi connectivity index (χ1) is 23.1. The normalized spacial score (nSPS) is 12.5. The minimum Gasteiger partial charge on any atom is -0.370 e. The molecule has 256 valence electrons. The molecule has 48 heavy (non-hydrogen) atoms. The molecule has 0 saturated heterocycles. The zero-order valence-electron chi connectivity index (χ0n) is 27.2. The molecule has 13 N–H and O–H groups in total. The van der Waals surface area contributed by atoms with Gasteiger partial charge in [-0.3, -0.25) is 24.4 Å². The number of amides is 3. The van der Waals surface area contributed by atoms with E-state index in [2.05, 4.69) is 25.9 Å². The van der Waals surface area contributed by atoms with Gasteiger partial charge in [0.25, 0.3) is 0 Å². The van der Waals surface area contributed by atoms with Crippen molar-refractivity contribution in [2.75, 3.05) is 13.1 Å². The largest absolute Gasteiger partial charge is 0.370 e. The second kappa shape index (κ2) is 19.9. The summed E-state index contributed by atoms with van der Waals surface area (Å²) in [5, 5.41) is 8.58. The Morgan fingerprint density at radius 1 is 0.583 bits per heavy atom. The Morgan fingerprint density at radius 2 is 1.15 bits per heavy atom. The van der Waals surface area contributed by atoms with Crippen LogP contribution in [0.4, 0.5) is 0 Å². The fraction of sp³-hybridized carbons (Fsp3) is 0.343.